The standard InChI is InChI=1S/C21H19F2N3O2/c1-11(2)28-20(27)18-12(3)24-21-25-16-6-4-5-7-17(16)26(21)19(18)13-8-14(22)10-15(23)9-13/h4-11,19H,1-3H3,(H,24,25)/t19-/m0/s1. The SMILES string of the molecule is CC1=C(C(=O)OC(C)C)[C@H](c2cc(F)cc(F)c2)n2c(nc3ccccc32)N1. The van der Waals surface area contributed by atoms with E-state index in [0.717, 1.165) is 11.6 Å². The van der Waals surface area contributed by atoms with Crippen LogP contribution in [0.3, 0.4) is 0 Å². The van der Waals surface area contributed by atoms with Gasteiger partial charge in [-0.3, -0.25) is 4.57 Å². The van der Waals surface area contributed by atoms with Crippen molar-refractivity contribution in [1.29, 1.82) is 0 Å². The van der Waals surface area contributed by atoms with Crippen molar-refractivity contribution >= 4 is 23.0 Å². The largest absolute Gasteiger partial charge is 0.459 e. The summed E-state index contributed by atoms with van der Waals surface area (Å²) in [6.45, 7) is 5.22. The molecule has 3 aromatic rings. The van der Waals surface area contributed by atoms with E-state index in [1.54, 1.807) is 25.3 Å². The molecular weight excluding hydrogens is 364 g/mol. The van der Waals surface area contributed by atoms with Crippen LogP contribution >= 0.6 is 0 Å². The quantitative estimate of drug-likeness (QED) is 0.674. The third-order valence-electron chi connectivity index (χ3n) is 4.59. The number of rotatable bonds is 3. The number of esters is 1. The number of carbonyl (C=O) groups excluding carboxylic acids is 1. The van der Waals surface area contributed by atoms with Gasteiger partial charge < -0.3 is 10.1 Å². The number of hydrogen-bond donors (Lipinski definition) is 1. The number of para-hydroxylation sites is 2. The lowest BCUT2D eigenvalue weighted by Crippen LogP contribution is -2.30. The third-order valence-corrected chi connectivity index (χ3v) is 4.59. The Kier molecular flexibility index (Phi) is 4.37. The Labute approximate surface area is 160 Å². The zero-order valence-electron chi connectivity index (χ0n) is 15.7. The molecule has 1 aromatic heterocycles. The third kappa shape index (κ3) is 3.02. The fraction of sp³-hybridized carbons (Fsp3) is 0.238. The molecule has 0 unspecified atom stereocenters. The zero-order valence-corrected chi connectivity index (χ0v) is 15.7. The van der Waals surface area contributed by atoms with Gasteiger partial charge in [0.15, 0.2) is 0 Å². The van der Waals surface area contributed by atoms with Gasteiger partial charge in [-0.2, -0.15) is 0 Å². The molecule has 0 bridgehead atoms. The molecule has 0 aliphatic carbocycles. The molecule has 0 saturated heterocycles. The summed E-state index contributed by atoms with van der Waals surface area (Å²) in [5, 5.41) is 3.13. The van der Waals surface area contributed by atoms with Crippen molar-refractivity contribution in [3.63, 3.8) is 0 Å². The Hall–Kier alpha value is -3.22. The number of fused-ring (bicyclic) bond motifs is 3. The number of halogens is 2. The molecule has 0 spiro atoms. The Balaban J connectivity index is 1.99. The first kappa shape index (κ1) is 18.2. The van der Waals surface area contributed by atoms with Crippen molar-refractivity contribution in [3.8, 4) is 0 Å². The van der Waals surface area contributed by atoms with Crippen molar-refractivity contribution in [2.24, 2.45) is 0 Å². The molecular formula is C21H19F2N3O2. The van der Waals surface area contributed by atoms with Crippen LogP contribution in [0.2, 0.25) is 0 Å². The number of allylic oxidation sites excluding steroid dienone is 1. The molecule has 1 N–H and O–H groups in total. The maximum absolute atomic E-state index is 14.0. The molecule has 144 valence electrons. The smallest absolute Gasteiger partial charge is 0.338 e. The van der Waals surface area contributed by atoms with Crippen LogP contribution in [0.5, 0.6) is 0 Å². The van der Waals surface area contributed by atoms with E-state index in [1.165, 1.54) is 12.1 Å². The lowest BCUT2D eigenvalue weighted by Gasteiger charge is -2.30. The lowest BCUT2D eigenvalue weighted by molar-refractivity contribution is -0.143. The summed E-state index contributed by atoms with van der Waals surface area (Å²) in [6.07, 6.45) is -0.335. The van der Waals surface area contributed by atoms with E-state index in [2.05, 4.69) is 10.3 Å². The summed E-state index contributed by atoms with van der Waals surface area (Å²) in [5.41, 5.74) is 2.57. The number of aromatic nitrogens is 2. The number of anilines is 1. The van der Waals surface area contributed by atoms with Crippen LogP contribution in [0.1, 0.15) is 32.4 Å². The first-order valence-corrected chi connectivity index (χ1v) is 8.97. The van der Waals surface area contributed by atoms with Gasteiger partial charge in [0.05, 0.1) is 28.8 Å². The number of imidazole rings is 1. The summed E-state index contributed by atoms with van der Waals surface area (Å²) >= 11 is 0. The number of hydrogen-bond acceptors (Lipinski definition) is 4. The van der Waals surface area contributed by atoms with Crippen molar-refractivity contribution in [1.82, 2.24) is 9.55 Å². The van der Waals surface area contributed by atoms with Gasteiger partial charge in [-0.1, -0.05) is 12.1 Å². The number of benzene rings is 2. The van der Waals surface area contributed by atoms with Gasteiger partial charge in [-0.05, 0) is 50.6 Å². The van der Waals surface area contributed by atoms with Crippen LogP contribution in [-0.4, -0.2) is 21.6 Å². The summed E-state index contributed by atoms with van der Waals surface area (Å²) < 4.78 is 35.2. The molecule has 2 aromatic carbocycles. The summed E-state index contributed by atoms with van der Waals surface area (Å²) in [4.78, 5) is 17.5. The van der Waals surface area contributed by atoms with Crippen molar-refractivity contribution in [2.45, 2.75) is 32.9 Å². The Morgan fingerprint density at radius 2 is 1.86 bits per heavy atom. The molecule has 0 fully saturated rings. The van der Waals surface area contributed by atoms with Gasteiger partial charge in [0.2, 0.25) is 5.95 Å². The minimum absolute atomic E-state index is 0.286. The predicted octanol–water partition coefficient (Wildman–Crippen LogP) is 4.56. The molecule has 0 amide bonds. The average molecular weight is 383 g/mol. The van der Waals surface area contributed by atoms with E-state index in [9.17, 15) is 13.6 Å². The minimum atomic E-state index is -0.778. The predicted molar refractivity (Wildman–Crippen MR) is 102 cm³/mol. The molecule has 0 saturated carbocycles. The van der Waals surface area contributed by atoms with Crippen LogP contribution in [0.15, 0.2) is 53.7 Å². The van der Waals surface area contributed by atoms with Crippen LogP contribution in [0.25, 0.3) is 11.0 Å². The molecule has 2 heterocycles. The number of carbonyl (C=O) groups is 1. The highest BCUT2D eigenvalue weighted by Crippen LogP contribution is 2.40. The second-order valence-corrected chi connectivity index (χ2v) is 7.02. The zero-order chi connectivity index (χ0) is 20.0. The first-order valence-electron chi connectivity index (χ1n) is 8.97. The summed E-state index contributed by atoms with van der Waals surface area (Å²) in [7, 11) is 0. The van der Waals surface area contributed by atoms with Gasteiger partial charge >= 0.3 is 5.97 Å². The van der Waals surface area contributed by atoms with Gasteiger partial charge in [-0.15, -0.1) is 0 Å². The van der Waals surface area contributed by atoms with E-state index in [-0.39, 0.29) is 11.7 Å². The van der Waals surface area contributed by atoms with Gasteiger partial charge in [0.25, 0.3) is 0 Å². The maximum atomic E-state index is 14.0. The molecule has 4 rings (SSSR count). The highest BCUT2D eigenvalue weighted by molar-refractivity contribution is 5.94. The van der Waals surface area contributed by atoms with Crippen LogP contribution in [0, 0.1) is 11.6 Å². The van der Waals surface area contributed by atoms with Crippen molar-refractivity contribution in [2.75, 3.05) is 5.32 Å². The summed E-state index contributed by atoms with van der Waals surface area (Å²) in [6, 6.07) is 9.88. The summed E-state index contributed by atoms with van der Waals surface area (Å²) in [5.74, 6) is -1.48. The molecule has 7 heteroatoms. The highest BCUT2D eigenvalue weighted by Gasteiger charge is 2.35. The van der Waals surface area contributed by atoms with Gasteiger partial charge in [-0.25, -0.2) is 18.6 Å². The van der Waals surface area contributed by atoms with Crippen LogP contribution < -0.4 is 5.32 Å². The molecule has 0 radical (unpaired) electrons. The molecule has 1 aliphatic rings. The number of nitrogens with zero attached hydrogens (tertiary/aromatic N) is 2. The molecule has 1 aliphatic heterocycles. The van der Waals surface area contributed by atoms with E-state index in [1.807, 2.05) is 24.3 Å². The van der Waals surface area contributed by atoms with Crippen molar-refractivity contribution in [3.05, 3.63) is 70.9 Å². The van der Waals surface area contributed by atoms with E-state index < -0.39 is 23.6 Å². The lowest BCUT2D eigenvalue weighted by atomic mass is 9.94. The second kappa shape index (κ2) is 6.74. The fourth-order valence-electron chi connectivity index (χ4n) is 3.55. The fourth-order valence-corrected chi connectivity index (χ4v) is 3.55. The normalized spacial score (nSPS) is 16.3. The van der Waals surface area contributed by atoms with Gasteiger partial charge in [0.1, 0.15) is 11.6 Å². The second-order valence-electron chi connectivity index (χ2n) is 7.02. The Morgan fingerprint density at radius 1 is 1.18 bits per heavy atom. The monoisotopic (exact) mass is 383 g/mol. The topological polar surface area (TPSA) is 56.2 Å². The number of nitrogens with one attached hydrogen (secondary N) is 1. The van der Waals surface area contributed by atoms with Gasteiger partial charge in [0, 0.05) is 11.8 Å². The number of ether oxygens (including phenoxy) is 1. The van der Waals surface area contributed by atoms with Crippen LogP contribution in [0.4, 0.5) is 14.7 Å². The minimum Gasteiger partial charge on any atom is -0.459 e. The Morgan fingerprint density at radius 3 is 2.54 bits per heavy atom. The molecule has 28 heavy (non-hydrogen) atoms. The maximum Gasteiger partial charge on any atom is 0.338 e. The average Bonchev–Trinajstić information content (AvgIpc) is 2.96. The molecule has 5 nitrogen and oxygen atoms in total. The van der Waals surface area contributed by atoms with E-state index in [0.29, 0.717) is 22.7 Å². The Bertz CT molecular complexity index is 1100. The van der Waals surface area contributed by atoms with Crippen LogP contribution in [-0.2, 0) is 9.53 Å². The molecule has 1 atom stereocenters. The first-order chi connectivity index (χ1) is 13.3. The van der Waals surface area contributed by atoms with E-state index >= 15 is 0 Å². The highest BCUT2D eigenvalue weighted by atomic mass is 19.1. The van der Waals surface area contributed by atoms with E-state index in [4.69, 9.17) is 4.74 Å². The van der Waals surface area contributed by atoms with Crippen molar-refractivity contribution < 1.29 is 18.3 Å².